The van der Waals surface area contributed by atoms with E-state index in [0.29, 0.717) is 32.6 Å². The molecule has 1 aliphatic rings. The van der Waals surface area contributed by atoms with Crippen LogP contribution in [0.4, 0.5) is 0 Å². The monoisotopic (exact) mass is 277 g/mol. The minimum atomic E-state index is -0.656. The second-order valence-corrected chi connectivity index (χ2v) is 5.70. The summed E-state index contributed by atoms with van der Waals surface area (Å²) in [5.74, 6) is 0.0183. The van der Waals surface area contributed by atoms with Crippen LogP contribution < -0.4 is 0 Å². The summed E-state index contributed by atoms with van der Waals surface area (Å²) in [4.78, 5) is 14.4. The van der Waals surface area contributed by atoms with Gasteiger partial charge in [-0.1, -0.05) is 29.8 Å². The molecule has 0 aliphatic carbocycles. The molecule has 0 radical (unpaired) electrons. The average Bonchev–Trinajstić information content (AvgIpc) is 2.47. The predicted molar refractivity (Wildman–Crippen MR) is 77.2 cm³/mol. The van der Waals surface area contributed by atoms with E-state index in [1.807, 2.05) is 25.1 Å². The normalized spacial score (nSPS) is 17.8. The lowest BCUT2D eigenvalue weighted by Gasteiger charge is -2.37. The summed E-state index contributed by atoms with van der Waals surface area (Å²) in [6.07, 6.45) is 1.20. The van der Waals surface area contributed by atoms with Crippen molar-refractivity contribution >= 4 is 5.91 Å². The molecule has 2 rings (SSSR count). The Hall–Kier alpha value is -1.39. The van der Waals surface area contributed by atoms with Crippen molar-refractivity contribution in [1.29, 1.82) is 0 Å². The van der Waals surface area contributed by atoms with Gasteiger partial charge in [-0.25, -0.2) is 0 Å². The smallest absolute Gasteiger partial charge is 0.231 e. The van der Waals surface area contributed by atoms with Crippen molar-refractivity contribution in [3.05, 3.63) is 35.4 Å². The lowest BCUT2D eigenvalue weighted by molar-refractivity contribution is -0.150. The summed E-state index contributed by atoms with van der Waals surface area (Å²) in [5, 5.41) is 9.67. The first kappa shape index (κ1) is 15.0. The van der Waals surface area contributed by atoms with Crippen LogP contribution in [0.25, 0.3) is 0 Å². The number of amides is 1. The van der Waals surface area contributed by atoms with Gasteiger partial charge < -0.3 is 14.7 Å². The number of hydrogen-bond donors (Lipinski definition) is 1. The highest BCUT2D eigenvalue weighted by Crippen LogP contribution is 2.32. The Morgan fingerprint density at radius 1 is 1.40 bits per heavy atom. The van der Waals surface area contributed by atoms with Gasteiger partial charge in [-0.2, -0.15) is 0 Å². The van der Waals surface area contributed by atoms with Crippen LogP contribution in [0.3, 0.4) is 0 Å². The third kappa shape index (κ3) is 3.19. The minimum absolute atomic E-state index is 0.0183. The largest absolute Gasteiger partial charge is 0.395 e. The maximum absolute atomic E-state index is 12.7. The molecule has 1 amide bonds. The summed E-state index contributed by atoms with van der Waals surface area (Å²) < 4.78 is 5.31. The molecule has 1 saturated heterocycles. The molecule has 4 heteroatoms. The fraction of sp³-hybridized carbons (Fsp3) is 0.562. The van der Waals surface area contributed by atoms with Crippen molar-refractivity contribution in [3.8, 4) is 0 Å². The van der Waals surface area contributed by atoms with Gasteiger partial charge in [-0.05, 0) is 25.3 Å². The molecule has 0 atom stereocenters. The van der Waals surface area contributed by atoms with Gasteiger partial charge in [-0.3, -0.25) is 4.79 Å². The third-order valence-electron chi connectivity index (χ3n) is 4.06. The molecule has 1 aliphatic heterocycles. The zero-order valence-electron chi connectivity index (χ0n) is 12.3. The third-order valence-corrected chi connectivity index (χ3v) is 4.06. The van der Waals surface area contributed by atoms with Crippen LogP contribution in [-0.4, -0.2) is 42.8 Å². The van der Waals surface area contributed by atoms with Crippen LogP contribution in [0.15, 0.2) is 24.3 Å². The topological polar surface area (TPSA) is 49.8 Å². The standard InChI is InChI=1S/C16H23NO3/c1-13-4-3-5-14(10-13)11-17(2)15(19)16(12-18)6-8-20-9-7-16/h3-5,10,18H,6-9,11-12H2,1-2H3. The van der Waals surface area contributed by atoms with E-state index in [1.165, 1.54) is 5.56 Å². The number of aryl methyl sites for hydroxylation is 1. The first-order chi connectivity index (χ1) is 9.57. The highest BCUT2D eigenvalue weighted by atomic mass is 16.5. The van der Waals surface area contributed by atoms with Gasteiger partial charge in [-0.15, -0.1) is 0 Å². The summed E-state index contributed by atoms with van der Waals surface area (Å²) in [5.41, 5.74) is 1.64. The van der Waals surface area contributed by atoms with Crippen molar-refractivity contribution < 1.29 is 14.6 Å². The summed E-state index contributed by atoms with van der Waals surface area (Å²) in [7, 11) is 1.80. The average molecular weight is 277 g/mol. The van der Waals surface area contributed by atoms with E-state index in [-0.39, 0.29) is 12.5 Å². The molecule has 1 heterocycles. The van der Waals surface area contributed by atoms with Gasteiger partial charge in [0.15, 0.2) is 0 Å². The Balaban J connectivity index is 2.07. The van der Waals surface area contributed by atoms with Crippen molar-refractivity contribution in [1.82, 2.24) is 4.90 Å². The zero-order valence-corrected chi connectivity index (χ0v) is 12.3. The summed E-state index contributed by atoms with van der Waals surface area (Å²) >= 11 is 0. The molecule has 0 saturated carbocycles. The molecule has 0 spiro atoms. The van der Waals surface area contributed by atoms with E-state index in [9.17, 15) is 9.90 Å². The van der Waals surface area contributed by atoms with E-state index in [0.717, 1.165) is 5.56 Å². The van der Waals surface area contributed by atoms with Crippen molar-refractivity contribution in [2.45, 2.75) is 26.3 Å². The number of hydrogen-bond acceptors (Lipinski definition) is 3. The molecule has 110 valence electrons. The zero-order chi connectivity index (χ0) is 14.6. The molecule has 0 bridgehead atoms. The van der Waals surface area contributed by atoms with Crippen LogP contribution in [0, 0.1) is 12.3 Å². The highest BCUT2D eigenvalue weighted by molar-refractivity contribution is 5.82. The van der Waals surface area contributed by atoms with Gasteiger partial charge >= 0.3 is 0 Å². The van der Waals surface area contributed by atoms with Crippen LogP contribution in [0.5, 0.6) is 0 Å². The number of rotatable bonds is 4. The maximum atomic E-state index is 12.7. The molecule has 0 unspecified atom stereocenters. The van der Waals surface area contributed by atoms with Gasteiger partial charge in [0, 0.05) is 26.8 Å². The first-order valence-corrected chi connectivity index (χ1v) is 7.07. The Labute approximate surface area is 120 Å². The van der Waals surface area contributed by atoms with E-state index in [1.54, 1.807) is 11.9 Å². The number of aliphatic hydroxyl groups is 1. The first-order valence-electron chi connectivity index (χ1n) is 7.07. The lowest BCUT2D eigenvalue weighted by Crippen LogP contribution is -2.47. The number of carbonyl (C=O) groups is 1. The van der Waals surface area contributed by atoms with Gasteiger partial charge in [0.25, 0.3) is 0 Å². The fourth-order valence-electron chi connectivity index (χ4n) is 2.76. The van der Waals surface area contributed by atoms with Crippen molar-refractivity contribution in [3.63, 3.8) is 0 Å². The van der Waals surface area contributed by atoms with Gasteiger partial charge in [0.2, 0.25) is 5.91 Å². The Morgan fingerprint density at radius 2 is 2.10 bits per heavy atom. The summed E-state index contributed by atoms with van der Waals surface area (Å²) in [6.45, 7) is 3.60. The van der Waals surface area contributed by atoms with E-state index >= 15 is 0 Å². The second-order valence-electron chi connectivity index (χ2n) is 5.70. The highest BCUT2D eigenvalue weighted by Gasteiger charge is 2.41. The van der Waals surface area contributed by atoms with Crippen LogP contribution in [0.1, 0.15) is 24.0 Å². The number of nitrogens with zero attached hydrogens (tertiary/aromatic N) is 1. The van der Waals surface area contributed by atoms with Crippen molar-refractivity contribution in [2.24, 2.45) is 5.41 Å². The molecular formula is C16H23NO3. The lowest BCUT2D eigenvalue weighted by atomic mass is 9.79. The predicted octanol–water partition coefficient (Wildman–Crippen LogP) is 1.74. The minimum Gasteiger partial charge on any atom is -0.395 e. The Bertz CT molecular complexity index is 467. The molecule has 1 aromatic carbocycles. The van der Waals surface area contributed by atoms with Crippen LogP contribution in [0.2, 0.25) is 0 Å². The fourth-order valence-corrected chi connectivity index (χ4v) is 2.76. The molecule has 4 nitrogen and oxygen atoms in total. The molecule has 20 heavy (non-hydrogen) atoms. The van der Waals surface area contributed by atoms with Gasteiger partial charge in [0.1, 0.15) is 0 Å². The Morgan fingerprint density at radius 3 is 2.70 bits per heavy atom. The molecular weight excluding hydrogens is 254 g/mol. The quantitative estimate of drug-likeness (QED) is 0.912. The van der Waals surface area contributed by atoms with E-state index in [2.05, 4.69) is 6.07 Å². The number of ether oxygens (including phenoxy) is 1. The number of benzene rings is 1. The Kier molecular flexibility index (Phi) is 4.78. The van der Waals surface area contributed by atoms with Crippen LogP contribution in [-0.2, 0) is 16.1 Å². The number of carbonyl (C=O) groups excluding carboxylic acids is 1. The van der Waals surface area contributed by atoms with Gasteiger partial charge in [0.05, 0.1) is 12.0 Å². The molecule has 1 aromatic rings. The summed E-state index contributed by atoms with van der Waals surface area (Å²) in [6, 6.07) is 8.14. The second kappa shape index (κ2) is 6.37. The number of aliphatic hydroxyl groups excluding tert-OH is 1. The molecule has 1 fully saturated rings. The SMILES string of the molecule is Cc1cccc(CN(C)C(=O)C2(CO)CCOCC2)c1. The van der Waals surface area contributed by atoms with E-state index in [4.69, 9.17) is 4.74 Å². The van der Waals surface area contributed by atoms with E-state index < -0.39 is 5.41 Å². The van der Waals surface area contributed by atoms with Crippen LogP contribution >= 0.6 is 0 Å². The molecule has 0 aromatic heterocycles. The van der Waals surface area contributed by atoms with Crippen molar-refractivity contribution in [2.75, 3.05) is 26.9 Å². The maximum Gasteiger partial charge on any atom is 0.231 e. The molecule has 1 N–H and O–H groups in total.